The molecule has 0 saturated carbocycles. The van der Waals surface area contributed by atoms with Gasteiger partial charge in [0.25, 0.3) is 5.91 Å². The Labute approximate surface area is 172 Å². The Bertz CT molecular complexity index is 949. The van der Waals surface area contributed by atoms with Crippen LogP contribution in [0.5, 0.6) is 0 Å². The maximum atomic E-state index is 12.6. The number of carbonyl (C=O) groups excluding carboxylic acids is 2. The molecule has 0 bridgehead atoms. The van der Waals surface area contributed by atoms with E-state index in [4.69, 9.17) is 0 Å². The molecule has 1 aliphatic rings. The van der Waals surface area contributed by atoms with Crippen LogP contribution >= 0.6 is 22.7 Å². The Hall–Kier alpha value is -2.44. The molecule has 0 radical (unpaired) electrons. The number of hydrogen-bond donors (Lipinski definition) is 2. The smallest absolute Gasteiger partial charge is 0.252 e. The molecule has 6 heteroatoms. The van der Waals surface area contributed by atoms with Crippen molar-refractivity contribution < 1.29 is 9.59 Å². The Morgan fingerprint density at radius 1 is 1.04 bits per heavy atom. The van der Waals surface area contributed by atoms with Gasteiger partial charge in [-0.25, -0.2) is 0 Å². The second-order valence-corrected chi connectivity index (χ2v) is 8.71. The topological polar surface area (TPSA) is 58.2 Å². The number of aryl methyl sites for hydroxylation is 2. The summed E-state index contributed by atoms with van der Waals surface area (Å²) < 4.78 is 0. The van der Waals surface area contributed by atoms with Crippen molar-refractivity contribution in [3.8, 4) is 0 Å². The van der Waals surface area contributed by atoms with Gasteiger partial charge in [-0.05, 0) is 65.3 Å². The number of carbonyl (C=O) groups is 2. The van der Waals surface area contributed by atoms with Crippen molar-refractivity contribution in [1.29, 1.82) is 0 Å². The normalized spacial score (nSPS) is 14.1. The molecular formula is C22H22N2O2S2. The lowest BCUT2D eigenvalue weighted by Crippen LogP contribution is -2.38. The van der Waals surface area contributed by atoms with Gasteiger partial charge in [-0.1, -0.05) is 24.3 Å². The van der Waals surface area contributed by atoms with Crippen LogP contribution in [0.1, 0.15) is 50.8 Å². The SMILES string of the molecule is O=C(CNC(=O)c1ccsc1)NC(c1ccc2c(c1)CCCC2)c1cccs1. The number of nitrogens with one attached hydrogen (secondary N) is 2. The summed E-state index contributed by atoms with van der Waals surface area (Å²) in [5.41, 5.74) is 4.50. The number of hydrogen-bond acceptors (Lipinski definition) is 4. The van der Waals surface area contributed by atoms with E-state index in [1.165, 1.54) is 35.3 Å². The van der Waals surface area contributed by atoms with Gasteiger partial charge in [0.1, 0.15) is 0 Å². The molecule has 1 aromatic carbocycles. The fourth-order valence-corrected chi connectivity index (χ4v) is 5.01. The summed E-state index contributed by atoms with van der Waals surface area (Å²) >= 11 is 3.09. The highest BCUT2D eigenvalue weighted by atomic mass is 32.1. The number of amides is 2. The number of rotatable bonds is 6. The Morgan fingerprint density at radius 3 is 2.64 bits per heavy atom. The quantitative estimate of drug-likeness (QED) is 0.636. The Balaban J connectivity index is 1.48. The Kier molecular flexibility index (Phi) is 5.88. The van der Waals surface area contributed by atoms with Gasteiger partial charge in [-0.3, -0.25) is 9.59 Å². The molecule has 0 aliphatic heterocycles. The van der Waals surface area contributed by atoms with Crippen LogP contribution in [-0.4, -0.2) is 18.4 Å². The van der Waals surface area contributed by atoms with Gasteiger partial charge in [-0.15, -0.1) is 11.3 Å². The van der Waals surface area contributed by atoms with E-state index in [-0.39, 0.29) is 24.4 Å². The van der Waals surface area contributed by atoms with E-state index in [0.717, 1.165) is 23.3 Å². The molecule has 28 heavy (non-hydrogen) atoms. The summed E-state index contributed by atoms with van der Waals surface area (Å²) in [5.74, 6) is -0.419. The maximum absolute atomic E-state index is 12.6. The first-order chi connectivity index (χ1) is 13.7. The average Bonchev–Trinajstić information content (AvgIpc) is 3.44. The van der Waals surface area contributed by atoms with Crippen LogP contribution in [0.2, 0.25) is 0 Å². The molecule has 0 saturated heterocycles. The van der Waals surface area contributed by atoms with Gasteiger partial charge in [0.05, 0.1) is 12.6 Å². The standard InChI is InChI=1S/C22H22N2O2S2/c25-20(13-23-22(26)18-9-11-27-14-18)24-21(19-6-3-10-28-19)17-8-7-15-4-1-2-5-16(15)12-17/h3,6-12,14,21H,1-2,4-5,13H2,(H,23,26)(H,24,25). The third-order valence-corrected chi connectivity index (χ3v) is 6.65. The van der Waals surface area contributed by atoms with Crippen molar-refractivity contribution in [2.75, 3.05) is 6.54 Å². The van der Waals surface area contributed by atoms with Crippen LogP contribution in [0.15, 0.2) is 52.5 Å². The van der Waals surface area contributed by atoms with E-state index in [1.807, 2.05) is 22.9 Å². The van der Waals surface area contributed by atoms with Gasteiger partial charge in [0.2, 0.25) is 5.91 Å². The highest BCUT2D eigenvalue weighted by Gasteiger charge is 2.20. The van der Waals surface area contributed by atoms with Crippen LogP contribution in [0.3, 0.4) is 0 Å². The van der Waals surface area contributed by atoms with Crippen LogP contribution in [0, 0.1) is 0 Å². The Morgan fingerprint density at radius 2 is 1.89 bits per heavy atom. The maximum Gasteiger partial charge on any atom is 0.252 e. The molecule has 2 N–H and O–H groups in total. The molecule has 0 spiro atoms. The largest absolute Gasteiger partial charge is 0.343 e. The summed E-state index contributed by atoms with van der Waals surface area (Å²) in [6.45, 7) is -0.0402. The van der Waals surface area contributed by atoms with Crippen molar-refractivity contribution in [3.63, 3.8) is 0 Å². The van der Waals surface area contributed by atoms with E-state index in [0.29, 0.717) is 5.56 Å². The summed E-state index contributed by atoms with van der Waals surface area (Å²) in [7, 11) is 0. The monoisotopic (exact) mass is 410 g/mol. The van der Waals surface area contributed by atoms with Gasteiger partial charge >= 0.3 is 0 Å². The predicted octanol–water partition coefficient (Wildman–Crippen LogP) is 4.32. The summed E-state index contributed by atoms with van der Waals surface area (Å²) in [6.07, 6.45) is 4.72. The first-order valence-electron chi connectivity index (χ1n) is 9.45. The fraction of sp³-hybridized carbons (Fsp3) is 0.273. The van der Waals surface area contributed by atoms with Crippen molar-refractivity contribution in [1.82, 2.24) is 10.6 Å². The molecule has 4 nitrogen and oxygen atoms in total. The molecule has 1 unspecified atom stereocenters. The summed E-state index contributed by atoms with van der Waals surface area (Å²) in [5, 5.41) is 11.4. The molecular weight excluding hydrogens is 388 g/mol. The van der Waals surface area contributed by atoms with Crippen LogP contribution in [0.4, 0.5) is 0 Å². The number of fused-ring (bicyclic) bond motifs is 1. The zero-order valence-electron chi connectivity index (χ0n) is 15.4. The fourth-order valence-electron chi connectivity index (χ4n) is 3.58. The highest BCUT2D eigenvalue weighted by Crippen LogP contribution is 2.30. The molecule has 1 atom stereocenters. The van der Waals surface area contributed by atoms with Gasteiger partial charge in [0, 0.05) is 15.8 Å². The van der Waals surface area contributed by atoms with Gasteiger partial charge in [0.15, 0.2) is 0 Å². The minimum absolute atomic E-state index is 0.0402. The van der Waals surface area contributed by atoms with E-state index >= 15 is 0 Å². The lowest BCUT2D eigenvalue weighted by molar-refractivity contribution is -0.120. The van der Waals surface area contributed by atoms with Crippen molar-refractivity contribution in [2.24, 2.45) is 0 Å². The lowest BCUT2D eigenvalue weighted by atomic mass is 9.89. The minimum atomic E-state index is -0.224. The van der Waals surface area contributed by atoms with E-state index < -0.39 is 0 Å². The molecule has 3 aromatic rings. The van der Waals surface area contributed by atoms with Crippen molar-refractivity contribution >= 4 is 34.5 Å². The number of thiophene rings is 2. The highest BCUT2D eigenvalue weighted by molar-refractivity contribution is 7.10. The lowest BCUT2D eigenvalue weighted by Gasteiger charge is -2.22. The first kappa shape index (κ1) is 18.9. The van der Waals surface area contributed by atoms with Gasteiger partial charge < -0.3 is 10.6 Å². The molecule has 4 rings (SSSR count). The molecule has 144 valence electrons. The molecule has 1 aliphatic carbocycles. The predicted molar refractivity (Wildman–Crippen MR) is 114 cm³/mol. The van der Waals surface area contributed by atoms with E-state index in [9.17, 15) is 9.59 Å². The van der Waals surface area contributed by atoms with Crippen LogP contribution in [-0.2, 0) is 17.6 Å². The van der Waals surface area contributed by atoms with Crippen LogP contribution < -0.4 is 10.6 Å². The second kappa shape index (κ2) is 8.71. The van der Waals surface area contributed by atoms with Gasteiger partial charge in [-0.2, -0.15) is 11.3 Å². The third-order valence-electron chi connectivity index (χ3n) is 5.03. The summed E-state index contributed by atoms with van der Waals surface area (Å²) in [6, 6.07) is 12.2. The van der Waals surface area contributed by atoms with E-state index in [2.05, 4.69) is 28.8 Å². The average molecular weight is 411 g/mol. The molecule has 2 heterocycles. The number of benzene rings is 1. The molecule has 2 amide bonds. The zero-order valence-corrected chi connectivity index (χ0v) is 17.1. The third kappa shape index (κ3) is 4.34. The minimum Gasteiger partial charge on any atom is -0.343 e. The van der Waals surface area contributed by atoms with Crippen LogP contribution in [0.25, 0.3) is 0 Å². The van der Waals surface area contributed by atoms with Crippen molar-refractivity contribution in [2.45, 2.75) is 31.7 Å². The first-order valence-corrected chi connectivity index (χ1v) is 11.3. The summed E-state index contributed by atoms with van der Waals surface area (Å²) in [4.78, 5) is 25.7. The van der Waals surface area contributed by atoms with Crippen molar-refractivity contribution in [3.05, 3.63) is 79.7 Å². The molecule has 0 fully saturated rings. The van der Waals surface area contributed by atoms with E-state index in [1.54, 1.807) is 22.8 Å². The molecule has 2 aromatic heterocycles. The zero-order chi connectivity index (χ0) is 19.3. The second-order valence-electron chi connectivity index (χ2n) is 6.95.